The van der Waals surface area contributed by atoms with Crippen LogP contribution in [0, 0.1) is 5.92 Å². The largest absolute Gasteiger partial charge is 0.507 e. The zero-order chi connectivity index (χ0) is 26.9. The van der Waals surface area contributed by atoms with Gasteiger partial charge < -0.3 is 30.0 Å². The van der Waals surface area contributed by atoms with Gasteiger partial charge in [0.15, 0.2) is 12.4 Å². The number of aromatic amines is 1. The van der Waals surface area contributed by atoms with Crippen molar-refractivity contribution >= 4 is 24.0 Å². The van der Waals surface area contributed by atoms with Gasteiger partial charge in [0.05, 0.1) is 12.7 Å². The number of hydrogen-bond donors (Lipinski definition) is 4. The van der Waals surface area contributed by atoms with E-state index < -0.39 is 12.0 Å². The minimum Gasteiger partial charge on any atom is -0.507 e. The first kappa shape index (κ1) is 27.8. The van der Waals surface area contributed by atoms with Crippen molar-refractivity contribution in [3.63, 3.8) is 0 Å². The zero-order valence-corrected chi connectivity index (χ0v) is 22.0. The maximum absolute atomic E-state index is 12.5. The second kappa shape index (κ2) is 13.0. The van der Waals surface area contributed by atoms with Crippen LogP contribution in [0.1, 0.15) is 64.1 Å². The Morgan fingerprint density at radius 3 is 2.73 bits per heavy atom. The van der Waals surface area contributed by atoms with Gasteiger partial charge in [-0.2, -0.15) is 5.10 Å². The molecule has 0 spiro atoms. The van der Waals surface area contributed by atoms with Gasteiger partial charge in [-0.3, -0.25) is 14.9 Å². The van der Waals surface area contributed by atoms with Crippen LogP contribution in [0.5, 0.6) is 17.2 Å². The lowest BCUT2D eigenvalue weighted by molar-refractivity contribution is -0.118. The summed E-state index contributed by atoms with van der Waals surface area (Å²) < 4.78 is 16.4. The molecular weight excluding hydrogens is 478 g/mol. The van der Waals surface area contributed by atoms with Crippen molar-refractivity contribution < 1.29 is 28.9 Å². The highest BCUT2D eigenvalue weighted by atomic mass is 16.6. The van der Waals surface area contributed by atoms with Crippen molar-refractivity contribution in [2.45, 2.75) is 65.0 Å². The molecule has 0 saturated heterocycles. The van der Waals surface area contributed by atoms with Gasteiger partial charge in [0, 0.05) is 48.6 Å². The molecule has 1 aromatic heterocycles. The molecule has 0 radical (unpaired) electrons. The first-order chi connectivity index (χ1) is 17.6. The summed E-state index contributed by atoms with van der Waals surface area (Å²) in [7, 11) is 1.48. The van der Waals surface area contributed by atoms with E-state index in [0.29, 0.717) is 36.0 Å². The number of H-pyrrole nitrogens is 1. The summed E-state index contributed by atoms with van der Waals surface area (Å²) in [5.74, 6) is 1.09. The van der Waals surface area contributed by atoms with Crippen LogP contribution in [0.3, 0.4) is 0 Å². The number of nitrogens with zero attached hydrogens (tertiary/aromatic N) is 2. The fourth-order valence-corrected chi connectivity index (χ4v) is 3.99. The summed E-state index contributed by atoms with van der Waals surface area (Å²) in [6.45, 7) is 8.13. The standard InChI is InChI=1S/C26H37N5O6/c1-15(2)12-27-13-20-22(32)9-19(35-5)10-23(20)36-14-25(33)29-24-11-21(30-31-24)17-6-7-18(8-17)37-26(34)28-16(3)4/h9-11,13,15-18,32H,6-8,12,14H2,1-5H3,(H,28,34)(H2,29,30,31,33)/t17?,18-/m1/s1. The molecule has 11 heteroatoms. The van der Waals surface area contributed by atoms with Crippen LogP contribution < -0.4 is 20.1 Å². The summed E-state index contributed by atoms with van der Waals surface area (Å²) in [6.07, 6.45) is 3.27. The maximum atomic E-state index is 12.5. The normalized spacial score (nSPS) is 17.4. The van der Waals surface area contributed by atoms with Crippen molar-refractivity contribution in [2.75, 3.05) is 25.6 Å². The molecule has 1 fully saturated rings. The number of rotatable bonds is 11. The van der Waals surface area contributed by atoms with Crippen molar-refractivity contribution in [3.8, 4) is 17.2 Å². The molecular formula is C26H37N5O6. The number of anilines is 1. The number of aromatic hydroxyl groups is 1. The first-order valence-electron chi connectivity index (χ1n) is 12.5. The Kier molecular flexibility index (Phi) is 9.76. The van der Waals surface area contributed by atoms with Crippen molar-refractivity contribution in [1.29, 1.82) is 0 Å². The number of phenols is 1. The van der Waals surface area contributed by atoms with Gasteiger partial charge in [0.2, 0.25) is 0 Å². The summed E-state index contributed by atoms with van der Waals surface area (Å²) in [4.78, 5) is 28.7. The van der Waals surface area contributed by atoms with Crippen molar-refractivity contribution in [1.82, 2.24) is 15.5 Å². The van der Waals surface area contributed by atoms with E-state index in [4.69, 9.17) is 14.2 Å². The van der Waals surface area contributed by atoms with E-state index in [1.165, 1.54) is 19.4 Å². The molecule has 0 bridgehead atoms. The highest BCUT2D eigenvalue weighted by Gasteiger charge is 2.30. The fourth-order valence-electron chi connectivity index (χ4n) is 3.99. The van der Waals surface area contributed by atoms with E-state index >= 15 is 0 Å². The number of carbonyl (C=O) groups is 2. The average Bonchev–Trinajstić information content (AvgIpc) is 3.47. The molecule has 2 amide bonds. The van der Waals surface area contributed by atoms with E-state index in [1.54, 1.807) is 12.1 Å². The summed E-state index contributed by atoms with van der Waals surface area (Å²) >= 11 is 0. The predicted octanol–water partition coefficient (Wildman–Crippen LogP) is 3.99. The minimum atomic E-state index is -0.414. The number of nitrogens with one attached hydrogen (secondary N) is 3. The first-order valence-corrected chi connectivity index (χ1v) is 12.5. The number of carbonyl (C=O) groups excluding carboxylic acids is 2. The van der Waals surface area contributed by atoms with Crippen LogP contribution in [-0.2, 0) is 9.53 Å². The van der Waals surface area contributed by atoms with Crippen LogP contribution in [-0.4, -0.2) is 65.9 Å². The van der Waals surface area contributed by atoms with Gasteiger partial charge in [0.25, 0.3) is 5.91 Å². The number of alkyl carbamates (subject to hydrolysis) is 1. The predicted molar refractivity (Wildman–Crippen MR) is 140 cm³/mol. The monoisotopic (exact) mass is 515 g/mol. The average molecular weight is 516 g/mol. The van der Waals surface area contributed by atoms with Gasteiger partial charge in [-0.1, -0.05) is 13.8 Å². The summed E-state index contributed by atoms with van der Waals surface area (Å²) in [5, 5.41) is 23.0. The van der Waals surface area contributed by atoms with Crippen LogP contribution in [0.15, 0.2) is 23.2 Å². The second-order valence-corrected chi connectivity index (χ2v) is 9.83. The third-order valence-electron chi connectivity index (χ3n) is 5.75. The Labute approximate surface area is 217 Å². The van der Waals surface area contributed by atoms with E-state index in [0.717, 1.165) is 18.5 Å². The Bertz CT molecular complexity index is 1100. The number of hydrogen-bond acceptors (Lipinski definition) is 8. The van der Waals surface area contributed by atoms with Gasteiger partial charge in [0.1, 0.15) is 23.4 Å². The number of amides is 2. The fraction of sp³-hybridized carbons (Fsp3) is 0.538. The molecule has 1 aliphatic rings. The molecule has 11 nitrogen and oxygen atoms in total. The maximum Gasteiger partial charge on any atom is 0.407 e. The van der Waals surface area contributed by atoms with Gasteiger partial charge >= 0.3 is 6.09 Å². The highest BCUT2D eigenvalue weighted by Crippen LogP contribution is 2.36. The van der Waals surface area contributed by atoms with Crippen LogP contribution in [0.2, 0.25) is 0 Å². The van der Waals surface area contributed by atoms with Crippen LogP contribution in [0.25, 0.3) is 0 Å². The smallest absolute Gasteiger partial charge is 0.407 e. The number of aromatic nitrogens is 2. The lowest BCUT2D eigenvalue weighted by Crippen LogP contribution is -2.33. The van der Waals surface area contributed by atoms with Crippen LogP contribution in [0.4, 0.5) is 10.6 Å². The molecule has 2 aromatic rings. The number of benzene rings is 1. The number of phenolic OH excluding ortho intramolecular Hbond substituents is 1. The lowest BCUT2D eigenvalue weighted by atomic mass is 10.0. The number of ether oxygens (including phenoxy) is 3. The Morgan fingerprint density at radius 1 is 1.24 bits per heavy atom. The van der Waals surface area contributed by atoms with E-state index in [2.05, 4.69) is 25.8 Å². The highest BCUT2D eigenvalue weighted by molar-refractivity contribution is 5.92. The SMILES string of the molecule is COc1cc(O)c(C=NCC(C)C)c(OCC(=O)Nc2cc(C3CC[C@@H](OC(=O)NC(C)C)C3)[nH]n2)c1. The quantitative estimate of drug-likeness (QED) is 0.331. The third-order valence-corrected chi connectivity index (χ3v) is 5.75. The molecule has 1 aromatic carbocycles. The zero-order valence-electron chi connectivity index (χ0n) is 22.0. The summed E-state index contributed by atoms with van der Waals surface area (Å²) in [6, 6.07) is 4.85. The molecule has 37 heavy (non-hydrogen) atoms. The molecule has 1 aliphatic carbocycles. The Morgan fingerprint density at radius 2 is 2.03 bits per heavy atom. The lowest BCUT2D eigenvalue weighted by Gasteiger charge is -2.14. The third kappa shape index (κ3) is 8.40. The molecule has 4 N–H and O–H groups in total. The van der Waals surface area contributed by atoms with Gasteiger partial charge in [-0.25, -0.2) is 4.79 Å². The molecule has 2 atom stereocenters. The Balaban J connectivity index is 1.56. The molecule has 202 valence electrons. The minimum absolute atomic E-state index is 0.0201. The molecule has 1 heterocycles. The van der Waals surface area contributed by atoms with Crippen molar-refractivity contribution in [2.24, 2.45) is 10.9 Å². The molecule has 1 unspecified atom stereocenters. The van der Waals surface area contributed by atoms with E-state index in [-0.39, 0.29) is 36.2 Å². The summed E-state index contributed by atoms with van der Waals surface area (Å²) in [5.41, 5.74) is 1.24. The second-order valence-electron chi connectivity index (χ2n) is 9.83. The topological polar surface area (TPSA) is 147 Å². The number of methoxy groups -OCH3 is 1. The van der Waals surface area contributed by atoms with Crippen molar-refractivity contribution in [3.05, 3.63) is 29.5 Å². The van der Waals surface area contributed by atoms with Gasteiger partial charge in [-0.15, -0.1) is 0 Å². The Hall–Kier alpha value is -3.76. The van der Waals surface area contributed by atoms with Crippen LogP contribution >= 0.6 is 0 Å². The van der Waals surface area contributed by atoms with E-state index in [9.17, 15) is 14.7 Å². The van der Waals surface area contributed by atoms with E-state index in [1.807, 2.05) is 27.7 Å². The number of aliphatic imine (C=N–C) groups is 1. The van der Waals surface area contributed by atoms with Gasteiger partial charge in [-0.05, 0) is 39.0 Å². The molecule has 3 rings (SSSR count). The molecule has 0 aliphatic heterocycles. The molecule has 1 saturated carbocycles.